The Bertz CT molecular complexity index is 406. The van der Waals surface area contributed by atoms with E-state index in [4.69, 9.17) is 9.47 Å². The van der Waals surface area contributed by atoms with Gasteiger partial charge in [-0.2, -0.15) is 0 Å². The smallest absolute Gasteiger partial charge is 0.161 e. The van der Waals surface area contributed by atoms with Gasteiger partial charge in [-0.1, -0.05) is 13.0 Å². The highest BCUT2D eigenvalue weighted by Gasteiger charge is 2.21. The highest BCUT2D eigenvalue weighted by molar-refractivity contribution is 5.42. The molecule has 1 N–H and O–H groups in total. The van der Waals surface area contributed by atoms with Crippen molar-refractivity contribution >= 4 is 0 Å². The third kappa shape index (κ3) is 4.13. The molecule has 2 rings (SSSR count). The van der Waals surface area contributed by atoms with Crippen LogP contribution in [0.4, 0.5) is 0 Å². The number of hydrogen-bond acceptors (Lipinski definition) is 3. The number of piperidine rings is 1. The lowest BCUT2D eigenvalue weighted by Gasteiger charge is -2.29. The van der Waals surface area contributed by atoms with E-state index in [1.165, 1.54) is 5.56 Å². The quantitative estimate of drug-likeness (QED) is 0.884. The zero-order valence-electron chi connectivity index (χ0n) is 12.2. The van der Waals surface area contributed by atoms with Crippen LogP contribution in [0.25, 0.3) is 0 Å². The Morgan fingerprint density at radius 1 is 1.32 bits per heavy atom. The van der Waals surface area contributed by atoms with E-state index in [-0.39, 0.29) is 0 Å². The number of rotatable bonds is 5. The van der Waals surface area contributed by atoms with E-state index in [9.17, 15) is 0 Å². The molecule has 1 saturated heterocycles. The molecule has 0 aliphatic carbocycles. The predicted molar refractivity (Wildman–Crippen MR) is 78.1 cm³/mol. The summed E-state index contributed by atoms with van der Waals surface area (Å²) < 4.78 is 11.9. The predicted octanol–water partition coefficient (Wildman–Crippen LogP) is 3.30. The second-order valence-electron chi connectivity index (χ2n) is 5.42. The molecule has 19 heavy (non-hydrogen) atoms. The van der Waals surface area contributed by atoms with E-state index in [2.05, 4.69) is 38.2 Å². The SMILES string of the molecule is CCCOc1cc(C)ccc1OC1CCNC(C)C1. The average Bonchev–Trinajstić information content (AvgIpc) is 2.39. The Morgan fingerprint density at radius 2 is 2.16 bits per heavy atom. The van der Waals surface area contributed by atoms with Crippen LogP contribution in [-0.4, -0.2) is 25.3 Å². The Morgan fingerprint density at radius 3 is 2.89 bits per heavy atom. The maximum absolute atomic E-state index is 6.14. The average molecular weight is 263 g/mol. The first-order valence-corrected chi connectivity index (χ1v) is 7.32. The number of ether oxygens (including phenoxy) is 2. The van der Waals surface area contributed by atoms with E-state index in [1.54, 1.807) is 0 Å². The van der Waals surface area contributed by atoms with E-state index < -0.39 is 0 Å². The maximum atomic E-state index is 6.14. The fraction of sp³-hybridized carbons (Fsp3) is 0.625. The minimum atomic E-state index is 0.294. The Kier molecular flexibility index (Phi) is 5.08. The van der Waals surface area contributed by atoms with Gasteiger partial charge in [0.2, 0.25) is 0 Å². The van der Waals surface area contributed by atoms with E-state index in [0.29, 0.717) is 12.1 Å². The molecule has 3 heteroatoms. The molecule has 1 aliphatic heterocycles. The largest absolute Gasteiger partial charge is 0.490 e. The number of aryl methyl sites for hydroxylation is 1. The fourth-order valence-corrected chi connectivity index (χ4v) is 2.41. The molecular weight excluding hydrogens is 238 g/mol. The minimum Gasteiger partial charge on any atom is -0.490 e. The first-order chi connectivity index (χ1) is 9.19. The van der Waals surface area contributed by atoms with Gasteiger partial charge in [0.15, 0.2) is 11.5 Å². The molecule has 2 unspecified atom stereocenters. The molecule has 1 aromatic rings. The monoisotopic (exact) mass is 263 g/mol. The van der Waals surface area contributed by atoms with Gasteiger partial charge >= 0.3 is 0 Å². The van der Waals surface area contributed by atoms with Crippen molar-refractivity contribution in [2.45, 2.75) is 52.2 Å². The van der Waals surface area contributed by atoms with Crippen LogP contribution in [0.15, 0.2) is 18.2 Å². The van der Waals surface area contributed by atoms with Crippen molar-refractivity contribution in [3.63, 3.8) is 0 Å². The molecule has 0 spiro atoms. The van der Waals surface area contributed by atoms with E-state index in [0.717, 1.165) is 43.9 Å². The van der Waals surface area contributed by atoms with Gasteiger partial charge in [0.25, 0.3) is 0 Å². The summed E-state index contributed by atoms with van der Waals surface area (Å²) in [5.41, 5.74) is 1.21. The van der Waals surface area contributed by atoms with Crippen LogP contribution in [0.2, 0.25) is 0 Å². The van der Waals surface area contributed by atoms with Crippen molar-refractivity contribution in [2.75, 3.05) is 13.2 Å². The van der Waals surface area contributed by atoms with Gasteiger partial charge in [0, 0.05) is 6.04 Å². The van der Waals surface area contributed by atoms with Crippen LogP contribution in [0, 0.1) is 6.92 Å². The van der Waals surface area contributed by atoms with Crippen LogP contribution in [0.3, 0.4) is 0 Å². The maximum Gasteiger partial charge on any atom is 0.161 e. The molecule has 2 atom stereocenters. The first kappa shape index (κ1) is 14.2. The molecule has 0 saturated carbocycles. The van der Waals surface area contributed by atoms with Gasteiger partial charge in [-0.05, 0) is 57.4 Å². The zero-order valence-corrected chi connectivity index (χ0v) is 12.2. The summed E-state index contributed by atoms with van der Waals surface area (Å²) in [6.45, 7) is 8.17. The molecule has 0 aromatic heterocycles. The van der Waals surface area contributed by atoms with Crippen LogP contribution >= 0.6 is 0 Å². The van der Waals surface area contributed by atoms with Crippen LogP contribution in [0.5, 0.6) is 11.5 Å². The lowest BCUT2D eigenvalue weighted by Crippen LogP contribution is -2.40. The molecule has 0 radical (unpaired) electrons. The third-order valence-electron chi connectivity index (χ3n) is 3.43. The highest BCUT2D eigenvalue weighted by Crippen LogP contribution is 2.30. The summed E-state index contributed by atoms with van der Waals surface area (Å²) >= 11 is 0. The standard InChI is InChI=1S/C16H25NO2/c1-4-9-18-16-10-12(2)5-6-15(16)19-14-7-8-17-13(3)11-14/h5-6,10,13-14,17H,4,7-9,11H2,1-3H3. The van der Waals surface area contributed by atoms with Crippen molar-refractivity contribution in [3.05, 3.63) is 23.8 Å². The lowest BCUT2D eigenvalue weighted by atomic mass is 10.0. The van der Waals surface area contributed by atoms with Gasteiger partial charge in [0.1, 0.15) is 6.10 Å². The van der Waals surface area contributed by atoms with E-state index in [1.807, 2.05) is 6.07 Å². The van der Waals surface area contributed by atoms with Gasteiger partial charge in [-0.3, -0.25) is 0 Å². The highest BCUT2D eigenvalue weighted by atomic mass is 16.5. The van der Waals surface area contributed by atoms with Crippen LogP contribution in [-0.2, 0) is 0 Å². The van der Waals surface area contributed by atoms with Crippen molar-refractivity contribution in [1.29, 1.82) is 0 Å². The Hall–Kier alpha value is -1.22. The molecule has 3 nitrogen and oxygen atoms in total. The number of nitrogens with one attached hydrogen (secondary N) is 1. The van der Waals surface area contributed by atoms with Crippen molar-refractivity contribution in [1.82, 2.24) is 5.32 Å². The lowest BCUT2D eigenvalue weighted by molar-refractivity contribution is 0.137. The molecule has 1 aromatic carbocycles. The molecular formula is C16H25NO2. The zero-order chi connectivity index (χ0) is 13.7. The second-order valence-corrected chi connectivity index (χ2v) is 5.42. The second kappa shape index (κ2) is 6.80. The van der Waals surface area contributed by atoms with Gasteiger partial charge in [0.05, 0.1) is 6.61 Å². The summed E-state index contributed by atoms with van der Waals surface area (Å²) in [4.78, 5) is 0. The third-order valence-corrected chi connectivity index (χ3v) is 3.43. The topological polar surface area (TPSA) is 30.5 Å². The molecule has 0 bridgehead atoms. The fourth-order valence-electron chi connectivity index (χ4n) is 2.41. The van der Waals surface area contributed by atoms with Crippen molar-refractivity contribution in [3.8, 4) is 11.5 Å². The minimum absolute atomic E-state index is 0.294. The van der Waals surface area contributed by atoms with Crippen LogP contribution in [0.1, 0.15) is 38.7 Å². The molecule has 1 aliphatic rings. The first-order valence-electron chi connectivity index (χ1n) is 7.32. The summed E-state index contributed by atoms with van der Waals surface area (Å²) in [6.07, 6.45) is 3.42. The molecule has 1 fully saturated rings. The molecule has 1 heterocycles. The summed E-state index contributed by atoms with van der Waals surface area (Å²) in [6, 6.07) is 6.71. The van der Waals surface area contributed by atoms with Gasteiger partial charge in [-0.15, -0.1) is 0 Å². The molecule has 0 amide bonds. The number of benzene rings is 1. The Balaban J connectivity index is 2.05. The normalized spacial score (nSPS) is 23.1. The summed E-state index contributed by atoms with van der Waals surface area (Å²) in [5, 5.41) is 3.44. The van der Waals surface area contributed by atoms with Gasteiger partial charge < -0.3 is 14.8 Å². The van der Waals surface area contributed by atoms with Crippen LogP contribution < -0.4 is 14.8 Å². The van der Waals surface area contributed by atoms with E-state index >= 15 is 0 Å². The number of hydrogen-bond donors (Lipinski definition) is 1. The Labute approximate surface area is 116 Å². The van der Waals surface area contributed by atoms with Crippen molar-refractivity contribution in [2.24, 2.45) is 0 Å². The van der Waals surface area contributed by atoms with Crippen molar-refractivity contribution < 1.29 is 9.47 Å². The molecule has 106 valence electrons. The summed E-state index contributed by atoms with van der Waals surface area (Å²) in [7, 11) is 0. The van der Waals surface area contributed by atoms with Gasteiger partial charge in [-0.25, -0.2) is 0 Å². The summed E-state index contributed by atoms with van der Waals surface area (Å²) in [5.74, 6) is 1.77.